The largest absolute Gasteiger partial charge is 0.484 e. The summed E-state index contributed by atoms with van der Waals surface area (Å²) >= 11 is 0. The van der Waals surface area contributed by atoms with Gasteiger partial charge in [0, 0.05) is 7.05 Å². The molecule has 1 N–H and O–H groups in total. The van der Waals surface area contributed by atoms with E-state index in [2.05, 4.69) is 5.32 Å². The van der Waals surface area contributed by atoms with Crippen LogP contribution in [0.15, 0.2) is 48.5 Å². The van der Waals surface area contributed by atoms with Gasteiger partial charge in [0.2, 0.25) is 10.0 Å². The van der Waals surface area contributed by atoms with Crippen molar-refractivity contribution in [1.82, 2.24) is 5.32 Å². The van der Waals surface area contributed by atoms with E-state index in [0.717, 1.165) is 16.1 Å². The lowest BCUT2D eigenvalue weighted by Gasteiger charge is -2.17. The number of anilines is 1. The molecule has 26 heavy (non-hydrogen) atoms. The fourth-order valence-electron chi connectivity index (χ4n) is 2.21. The molecule has 6 nitrogen and oxygen atoms in total. The van der Waals surface area contributed by atoms with Gasteiger partial charge in [-0.05, 0) is 48.9 Å². The summed E-state index contributed by atoms with van der Waals surface area (Å²) < 4.78 is 42.5. The van der Waals surface area contributed by atoms with Crippen molar-refractivity contribution >= 4 is 21.6 Å². The molecule has 0 aliphatic carbocycles. The second-order valence-electron chi connectivity index (χ2n) is 5.85. The van der Waals surface area contributed by atoms with Crippen molar-refractivity contribution in [3.8, 4) is 5.75 Å². The van der Waals surface area contributed by atoms with Crippen LogP contribution in [0.1, 0.15) is 18.5 Å². The fraction of sp³-hybridized carbons (Fsp3) is 0.278. The molecule has 0 aromatic heterocycles. The highest BCUT2D eigenvalue weighted by Gasteiger charge is 2.13. The second kappa shape index (κ2) is 8.18. The Balaban J connectivity index is 1.88. The van der Waals surface area contributed by atoms with Crippen molar-refractivity contribution in [3.05, 3.63) is 59.9 Å². The molecule has 2 aromatic carbocycles. The van der Waals surface area contributed by atoms with Gasteiger partial charge in [-0.3, -0.25) is 9.10 Å². The lowest BCUT2D eigenvalue weighted by molar-refractivity contribution is -0.123. The fourth-order valence-corrected chi connectivity index (χ4v) is 2.72. The van der Waals surface area contributed by atoms with E-state index in [-0.39, 0.29) is 24.4 Å². The number of benzene rings is 2. The number of ether oxygens (including phenoxy) is 1. The molecule has 0 aliphatic heterocycles. The van der Waals surface area contributed by atoms with E-state index in [1.54, 1.807) is 43.3 Å². The first kappa shape index (κ1) is 19.7. The maximum absolute atomic E-state index is 12.9. The monoisotopic (exact) mass is 380 g/mol. The summed E-state index contributed by atoms with van der Waals surface area (Å²) in [5.41, 5.74) is 1.28. The average Bonchev–Trinajstić information content (AvgIpc) is 2.59. The molecule has 140 valence electrons. The molecule has 0 saturated heterocycles. The zero-order chi connectivity index (χ0) is 19.3. The number of sulfonamides is 1. The zero-order valence-electron chi connectivity index (χ0n) is 14.8. The Morgan fingerprint density at radius 2 is 1.73 bits per heavy atom. The third-order valence-corrected chi connectivity index (χ3v) is 5.02. The van der Waals surface area contributed by atoms with Crippen molar-refractivity contribution in [2.24, 2.45) is 0 Å². The Bertz CT molecular complexity index is 852. The first-order chi connectivity index (χ1) is 12.2. The van der Waals surface area contributed by atoms with Crippen LogP contribution in [0.5, 0.6) is 5.75 Å². The van der Waals surface area contributed by atoms with Crippen LogP contribution in [0.4, 0.5) is 10.1 Å². The van der Waals surface area contributed by atoms with Gasteiger partial charge in [-0.15, -0.1) is 0 Å². The van der Waals surface area contributed by atoms with Crippen molar-refractivity contribution in [2.75, 3.05) is 24.2 Å². The van der Waals surface area contributed by atoms with E-state index in [4.69, 9.17) is 4.74 Å². The Morgan fingerprint density at radius 3 is 2.27 bits per heavy atom. The number of nitrogens with zero attached hydrogens (tertiary/aromatic N) is 1. The molecule has 0 spiro atoms. The van der Waals surface area contributed by atoms with Gasteiger partial charge < -0.3 is 10.1 Å². The van der Waals surface area contributed by atoms with Crippen molar-refractivity contribution in [2.45, 2.75) is 13.0 Å². The molecule has 0 fully saturated rings. The van der Waals surface area contributed by atoms with E-state index in [1.165, 1.54) is 19.2 Å². The normalized spacial score (nSPS) is 12.3. The van der Waals surface area contributed by atoms with Gasteiger partial charge >= 0.3 is 0 Å². The summed E-state index contributed by atoms with van der Waals surface area (Å²) in [6, 6.07) is 12.0. The zero-order valence-corrected chi connectivity index (χ0v) is 15.6. The predicted octanol–water partition coefficient (Wildman–Crippen LogP) is 2.48. The number of halogens is 1. The summed E-state index contributed by atoms with van der Waals surface area (Å²) in [6.07, 6.45) is 1.12. The standard InChI is InChI=1S/C18H21FN2O4S/c1-13(14-4-6-15(19)7-5-14)20-18(22)12-25-17-10-8-16(9-11-17)21(2)26(3,23)24/h4-11,13H,12H2,1-3H3,(H,20,22)/t13-/m0/s1. The Morgan fingerprint density at radius 1 is 1.15 bits per heavy atom. The molecular weight excluding hydrogens is 359 g/mol. The summed E-state index contributed by atoms with van der Waals surface area (Å²) in [7, 11) is -1.88. The van der Waals surface area contributed by atoms with Crippen LogP contribution >= 0.6 is 0 Å². The predicted molar refractivity (Wildman–Crippen MR) is 98.1 cm³/mol. The lowest BCUT2D eigenvalue weighted by Crippen LogP contribution is -2.31. The number of hydrogen-bond acceptors (Lipinski definition) is 4. The van der Waals surface area contributed by atoms with E-state index in [0.29, 0.717) is 11.4 Å². The minimum Gasteiger partial charge on any atom is -0.484 e. The topological polar surface area (TPSA) is 75.7 Å². The van der Waals surface area contributed by atoms with Crippen LogP contribution in [0.25, 0.3) is 0 Å². The molecule has 8 heteroatoms. The number of hydrogen-bond donors (Lipinski definition) is 1. The number of rotatable bonds is 7. The number of amides is 1. The molecule has 2 rings (SSSR count). The van der Waals surface area contributed by atoms with Crippen LogP contribution in [0.2, 0.25) is 0 Å². The molecular formula is C18H21FN2O4S. The molecule has 0 unspecified atom stereocenters. The highest BCUT2D eigenvalue weighted by atomic mass is 32.2. The lowest BCUT2D eigenvalue weighted by atomic mass is 10.1. The average molecular weight is 380 g/mol. The summed E-state index contributed by atoms with van der Waals surface area (Å²) in [4.78, 5) is 12.0. The van der Waals surface area contributed by atoms with E-state index in [9.17, 15) is 17.6 Å². The van der Waals surface area contributed by atoms with Gasteiger partial charge in [0.1, 0.15) is 11.6 Å². The van der Waals surface area contributed by atoms with Gasteiger partial charge in [0.25, 0.3) is 5.91 Å². The van der Waals surface area contributed by atoms with Gasteiger partial charge in [0.05, 0.1) is 18.0 Å². The maximum Gasteiger partial charge on any atom is 0.258 e. The van der Waals surface area contributed by atoms with Crippen molar-refractivity contribution in [1.29, 1.82) is 0 Å². The molecule has 1 amide bonds. The molecule has 0 aliphatic rings. The van der Waals surface area contributed by atoms with E-state index >= 15 is 0 Å². The van der Waals surface area contributed by atoms with Crippen LogP contribution < -0.4 is 14.4 Å². The van der Waals surface area contributed by atoms with E-state index < -0.39 is 10.0 Å². The van der Waals surface area contributed by atoms with Gasteiger partial charge in [-0.25, -0.2) is 12.8 Å². The maximum atomic E-state index is 12.9. The Hall–Kier alpha value is -2.61. The molecule has 0 radical (unpaired) electrons. The quantitative estimate of drug-likeness (QED) is 0.801. The third kappa shape index (κ3) is 5.45. The molecule has 0 saturated carbocycles. The highest BCUT2D eigenvalue weighted by molar-refractivity contribution is 7.92. The van der Waals surface area contributed by atoms with E-state index in [1.807, 2.05) is 0 Å². The summed E-state index contributed by atoms with van der Waals surface area (Å²) in [5, 5.41) is 2.76. The number of carbonyl (C=O) groups is 1. The van der Waals surface area contributed by atoms with Crippen molar-refractivity contribution < 1.29 is 22.3 Å². The van der Waals surface area contributed by atoms with Crippen LogP contribution in [-0.2, 0) is 14.8 Å². The molecule has 1 atom stereocenters. The van der Waals surface area contributed by atoms with Gasteiger partial charge in [-0.2, -0.15) is 0 Å². The first-order valence-electron chi connectivity index (χ1n) is 7.88. The third-order valence-electron chi connectivity index (χ3n) is 3.82. The molecule has 2 aromatic rings. The second-order valence-corrected chi connectivity index (χ2v) is 7.87. The molecule has 0 heterocycles. The SMILES string of the molecule is C[C@H](NC(=O)COc1ccc(N(C)S(C)(=O)=O)cc1)c1ccc(F)cc1. The van der Waals surface area contributed by atoms with Gasteiger partial charge in [-0.1, -0.05) is 12.1 Å². The van der Waals surface area contributed by atoms with Crippen LogP contribution in [0.3, 0.4) is 0 Å². The van der Waals surface area contributed by atoms with Crippen LogP contribution in [-0.4, -0.2) is 34.2 Å². The number of nitrogens with one attached hydrogen (secondary N) is 1. The van der Waals surface area contributed by atoms with Crippen LogP contribution in [0, 0.1) is 5.82 Å². The minimum absolute atomic E-state index is 0.188. The van der Waals surface area contributed by atoms with Crippen molar-refractivity contribution in [3.63, 3.8) is 0 Å². The molecule has 0 bridgehead atoms. The Labute approximate surface area is 152 Å². The number of carbonyl (C=O) groups excluding carboxylic acids is 1. The van der Waals surface area contributed by atoms with Gasteiger partial charge in [0.15, 0.2) is 6.61 Å². The summed E-state index contributed by atoms with van der Waals surface area (Å²) in [5.74, 6) is -0.208. The first-order valence-corrected chi connectivity index (χ1v) is 9.73. The Kier molecular flexibility index (Phi) is 6.20. The smallest absolute Gasteiger partial charge is 0.258 e. The highest BCUT2D eigenvalue weighted by Crippen LogP contribution is 2.20. The minimum atomic E-state index is -3.33. The summed E-state index contributed by atoms with van der Waals surface area (Å²) in [6.45, 7) is 1.60.